The maximum Gasteiger partial charge on any atom is 0.251 e. The molecule has 1 aromatic rings. The van der Waals surface area contributed by atoms with Crippen LogP contribution in [0.1, 0.15) is 29.6 Å². The van der Waals surface area contributed by atoms with E-state index in [4.69, 9.17) is 0 Å². The van der Waals surface area contributed by atoms with E-state index in [1.807, 2.05) is 6.07 Å². The van der Waals surface area contributed by atoms with Crippen molar-refractivity contribution in [1.82, 2.24) is 16.0 Å². The van der Waals surface area contributed by atoms with Gasteiger partial charge in [-0.15, -0.1) is 12.4 Å². The third-order valence-corrected chi connectivity index (χ3v) is 3.42. The van der Waals surface area contributed by atoms with E-state index < -0.39 is 0 Å². The van der Waals surface area contributed by atoms with Crippen LogP contribution in [0.15, 0.2) is 30.3 Å². The molecule has 1 fully saturated rings. The molecule has 0 unspecified atom stereocenters. The molecule has 0 aliphatic carbocycles. The summed E-state index contributed by atoms with van der Waals surface area (Å²) in [6.45, 7) is 1.75. The number of nitrogens with one attached hydrogen (secondary N) is 3. The number of carbonyl (C=O) groups is 2. The lowest BCUT2D eigenvalue weighted by molar-refractivity contribution is -0.120. The third kappa shape index (κ3) is 6.14. The zero-order valence-corrected chi connectivity index (χ0v) is 12.7. The van der Waals surface area contributed by atoms with Gasteiger partial charge in [0.1, 0.15) is 0 Å². The highest BCUT2D eigenvalue weighted by Gasteiger charge is 2.13. The van der Waals surface area contributed by atoms with E-state index in [1.165, 1.54) is 12.8 Å². The summed E-state index contributed by atoms with van der Waals surface area (Å²) in [7, 11) is 0. The summed E-state index contributed by atoms with van der Waals surface area (Å²) in [5, 5.41) is 8.81. The summed E-state index contributed by atoms with van der Waals surface area (Å²) in [6, 6.07) is 9.40. The normalized spacial score (nSPS) is 16.9. The van der Waals surface area contributed by atoms with Gasteiger partial charge in [-0.1, -0.05) is 18.2 Å². The van der Waals surface area contributed by atoms with E-state index in [1.54, 1.807) is 24.3 Å². The Balaban J connectivity index is 0.00000220. The fourth-order valence-electron chi connectivity index (χ4n) is 2.30. The van der Waals surface area contributed by atoms with Gasteiger partial charge in [0, 0.05) is 18.2 Å². The van der Waals surface area contributed by atoms with Gasteiger partial charge < -0.3 is 16.0 Å². The molecule has 1 aliphatic heterocycles. The molecule has 0 saturated carbocycles. The molecule has 2 rings (SSSR count). The first-order valence-corrected chi connectivity index (χ1v) is 7.09. The van der Waals surface area contributed by atoms with Crippen molar-refractivity contribution in [3.05, 3.63) is 35.9 Å². The van der Waals surface area contributed by atoms with E-state index >= 15 is 0 Å². The Morgan fingerprint density at radius 3 is 2.62 bits per heavy atom. The highest BCUT2D eigenvalue weighted by molar-refractivity contribution is 5.96. The second kappa shape index (κ2) is 9.37. The van der Waals surface area contributed by atoms with Crippen molar-refractivity contribution in [2.75, 3.05) is 19.6 Å². The monoisotopic (exact) mass is 311 g/mol. The molecule has 3 N–H and O–H groups in total. The molecule has 2 amide bonds. The first-order valence-electron chi connectivity index (χ1n) is 7.09. The molecule has 0 radical (unpaired) electrons. The Labute approximate surface area is 131 Å². The van der Waals surface area contributed by atoms with Crippen molar-refractivity contribution in [2.45, 2.75) is 25.3 Å². The van der Waals surface area contributed by atoms with Gasteiger partial charge in [-0.3, -0.25) is 9.59 Å². The lowest BCUT2D eigenvalue weighted by Gasteiger charge is -2.11. The van der Waals surface area contributed by atoms with Crippen molar-refractivity contribution in [3.8, 4) is 0 Å². The molecule has 6 heteroatoms. The smallest absolute Gasteiger partial charge is 0.251 e. The topological polar surface area (TPSA) is 70.2 Å². The zero-order chi connectivity index (χ0) is 14.2. The third-order valence-electron chi connectivity index (χ3n) is 3.42. The van der Waals surface area contributed by atoms with Crippen molar-refractivity contribution in [2.24, 2.45) is 0 Å². The fraction of sp³-hybridized carbons (Fsp3) is 0.467. The molecule has 1 saturated heterocycles. The predicted octanol–water partition coefficient (Wildman–Crippen LogP) is 1.10. The summed E-state index contributed by atoms with van der Waals surface area (Å²) < 4.78 is 0. The molecule has 5 nitrogen and oxygen atoms in total. The summed E-state index contributed by atoms with van der Waals surface area (Å²) in [5.41, 5.74) is 0.565. The minimum Gasteiger partial charge on any atom is -0.355 e. The Morgan fingerprint density at radius 1 is 1.19 bits per heavy atom. The lowest BCUT2D eigenvalue weighted by atomic mass is 10.1. The number of rotatable bonds is 6. The van der Waals surface area contributed by atoms with Crippen LogP contribution in [0.3, 0.4) is 0 Å². The van der Waals surface area contributed by atoms with Crippen LogP contribution in [0, 0.1) is 0 Å². The number of carbonyl (C=O) groups excluding carboxylic acids is 2. The molecule has 0 aromatic heterocycles. The Morgan fingerprint density at radius 2 is 1.95 bits per heavy atom. The Bertz CT molecular complexity index is 447. The highest BCUT2D eigenvalue weighted by Crippen LogP contribution is 2.07. The Hall–Kier alpha value is -1.59. The van der Waals surface area contributed by atoms with Crippen LogP contribution in [-0.2, 0) is 4.79 Å². The van der Waals surface area contributed by atoms with Crippen LogP contribution in [-0.4, -0.2) is 37.5 Å². The van der Waals surface area contributed by atoms with E-state index in [2.05, 4.69) is 16.0 Å². The lowest BCUT2D eigenvalue weighted by Crippen LogP contribution is -2.38. The standard InChI is InChI=1S/C15H21N3O2.ClH/c19-14(17-10-8-13-7-4-9-16-13)11-18-15(20)12-5-2-1-3-6-12;/h1-3,5-6,13,16H,4,7-11H2,(H,17,19)(H,18,20);1H/t13-;/m1./s1. The average Bonchev–Trinajstić information content (AvgIpc) is 2.99. The zero-order valence-electron chi connectivity index (χ0n) is 11.9. The second-order valence-electron chi connectivity index (χ2n) is 4.98. The van der Waals surface area contributed by atoms with Gasteiger partial charge in [0.15, 0.2) is 0 Å². The molecule has 1 heterocycles. The molecule has 0 bridgehead atoms. The van der Waals surface area contributed by atoms with E-state index in [0.29, 0.717) is 18.2 Å². The molecule has 1 atom stereocenters. The number of halogens is 1. The molecular weight excluding hydrogens is 290 g/mol. The summed E-state index contributed by atoms with van der Waals surface area (Å²) in [6.07, 6.45) is 3.34. The van der Waals surface area contributed by atoms with Gasteiger partial charge in [-0.25, -0.2) is 0 Å². The van der Waals surface area contributed by atoms with Gasteiger partial charge in [0.2, 0.25) is 5.91 Å². The van der Waals surface area contributed by atoms with Crippen LogP contribution >= 0.6 is 12.4 Å². The maximum absolute atomic E-state index is 11.7. The molecule has 116 valence electrons. The quantitative estimate of drug-likeness (QED) is 0.737. The van der Waals surface area contributed by atoms with Gasteiger partial charge in [-0.05, 0) is 37.9 Å². The van der Waals surface area contributed by atoms with E-state index in [9.17, 15) is 9.59 Å². The fourth-order valence-corrected chi connectivity index (χ4v) is 2.30. The number of benzene rings is 1. The summed E-state index contributed by atoms with van der Waals surface area (Å²) >= 11 is 0. The summed E-state index contributed by atoms with van der Waals surface area (Å²) in [5.74, 6) is -0.370. The maximum atomic E-state index is 11.7. The van der Waals surface area contributed by atoms with Crippen molar-refractivity contribution in [3.63, 3.8) is 0 Å². The van der Waals surface area contributed by atoms with E-state index in [0.717, 1.165) is 13.0 Å². The van der Waals surface area contributed by atoms with Gasteiger partial charge in [-0.2, -0.15) is 0 Å². The Kier molecular flexibility index (Phi) is 7.79. The minimum absolute atomic E-state index is 0. The van der Waals surface area contributed by atoms with Crippen LogP contribution in [0.2, 0.25) is 0 Å². The van der Waals surface area contributed by atoms with Crippen molar-refractivity contribution in [1.29, 1.82) is 0 Å². The largest absolute Gasteiger partial charge is 0.355 e. The predicted molar refractivity (Wildman–Crippen MR) is 84.7 cm³/mol. The average molecular weight is 312 g/mol. The number of hydrogen-bond acceptors (Lipinski definition) is 3. The van der Waals surface area contributed by atoms with Gasteiger partial charge in [0.05, 0.1) is 6.54 Å². The number of hydrogen-bond donors (Lipinski definition) is 3. The van der Waals surface area contributed by atoms with Crippen molar-refractivity contribution >= 4 is 24.2 Å². The molecule has 21 heavy (non-hydrogen) atoms. The van der Waals surface area contributed by atoms with Gasteiger partial charge >= 0.3 is 0 Å². The SMILES string of the molecule is Cl.O=C(CNC(=O)c1ccccc1)NCC[C@H]1CCCN1. The second-order valence-corrected chi connectivity index (χ2v) is 4.98. The van der Waals surface area contributed by atoms with Crippen molar-refractivity contribution < 1.29 is 9.59 Å². The van der Waals surface area contributed by atoms with Crippen LogP contribution in [0.5, 0.6) is 0 Å². The molecule has 1 aliphatic rings. The van der Waals surface area contributed by atoms with Gasteiger partial charge in [0.25, 0.3) is 5.91 Å². The number of amides is 2. The molecule has 1 aromatic carbocycles. The highest BCUT2D eigenvalue weighted by atomic mass is 35.5. The first-order chi connectivity index (χ1) is 9.75. The minimum atomic E-state index is -0.224. The van der Waals surface area contributed by atoms with Crippen LogP contribution in [0.4, 0.5) is 0 Å². The van der Waals surface area contributed by atoms with Crippen LogP contribution in [0.25, 0.3) is 0 Å². The molecular formula is C15H22ClN3O2. The summed E-state index contributed by atoms with van der Waals surface area (Å²) in [4.78, 5) is 23.3. The van der Waals surface area contributed by atoms with E-state index in [-0.39, 0.29) is 30.8 Å². The molecule has 0 spiro atoms. The first kappa shape index (κ1) is 17.5. The van der Waals surface area contributed by atoms with Crippen LogP contribution < -0.4 is 16.0 Å².